The maximum absolute atomic E-state index is 4.69. The Morgan fingerprint density at radius 3 is 1.22 bits per heavy atom. The van der Waals surface area contributed by atoms with E-state index in [1.807, 2.05) is 12.4 Å². The average molecular weight is 891 g/mol. The molecular formula is C50H44Cl2N4SiZr-2. The second-order valence-electron chi connectivity index (χ2n) is 15.0. The molecule has 0 aliphatic heterocycles. The van der Waals surface area contributed by atoms with Crippen molar-refractivity contribution >= 4 is 48.8 Å². The van der Waals surface area contributed by atoms with E-state index in [1.54, 1.807) is 23.3 Å². The van der Waals surface area contributed by atoms with Crippen molar-refractivity contribution in [3.63, 3.8) is 0 Å². The molecule has 288 valence electrons. The van der Waals surface area contributed by atoms with Gasteiger partial charge in [0.1, 0.15) is 0 Å². The van der Waals surface area contributed by atoms with Crippen LogP contribution in [0.3, 0.4) is 0 Å². The van der Waals surface area contributed by atoms with E-state index in [0.717, 1.165) is 33.2 Å². The van der Waals surface area contributed by atoms with Gasteiger partial charge in [-0.05, 0) is 49.2 Å². The fourth-order valence-electron chi connectivity index (χ4n) is 7.41. The first kappa shape index (κ1) is 42.8. The Hall–Kier alpha value is -4.84. The third-order valence-corrected chi connectivity index (χ3v) is 10.1. The zero-order chi connectivity index (χ0) is 38.9. The SMILES string of the molecule is C[Si](C)=[Zr+2].Cc1ccc(-c2cc(-n3ncc4ccccc43)c3cc(C)[cH-]c3c2)cc1.Cc1ccc(-c2cc(-n3ncc4ccccc43)c3cc(C)[cH-]c3c2)cc1.[Cl-].[Cl-]. The number of halogens is 2. The summed E-state index contributed by atoms with van der Waals surface area (Å²) in [6.07, 6.45) is 3.88. The smallest absolute Gasteiger partial charge is 0.0731 e. The summed E-state index contributed by atoms with van der Waals surface area (Å²) in [6, 6.07) is 52.2. The molecule has 10 aromatic rings. The van der Waals surface area contributed by atoms with Crippen molar-refractivity contribution in [1.29, 1.82) is 0 Å². The maximum Gasteiger partial charge on any atom is 0.0731 e. The van der Waals surface area contributed by atoms with Gasteiger partial charge >= 0.3 is 41.9 Å². The van der Waals surface area contributed by atoms with Crippen LogP contribution in [0.25, 0.3) is 77.0 Å². The summed E-state index contributed by atoms with van der Waals surface area (Å²) >= 11 is 1.74. The Kier molecular flexibility index (Phi) is 13.6. The van der Waals surface area contributed by atoms with Gasteiger partial charge in [-0.25, -0.2) is 9.36 Å². The van der Waals surface area contributed by atoms with Crippen molar-refractivity contribution in [3.05, 3.63) is 180 Å². The molecule has 4 nitrogen and oxygen atoms in total. The molecule has 0 unspecified atom stereocenters. The quantitative estimate of drug-likeness (QED) is 0.139. The van der Waals surface area contributed by atoms with Crippen LogP contribution in [0.2, 0.25) is 13.1 Å². The van der Waals surface area contributed by atoms with Crippen molar-refractivity contribution < 1.29 is 48.1 Å². The van der Waals surface area contributed by atoms with E-state index in [2.05, 4.69) is 196 Å². The number of para-hydroxylation sites is 2. The van der Waals surface area contributed by atoms with Gasteiger partial charge in [-0.2, -0.15) is 22.3 Å². The van der Waals surface area contributed by atoms with Crippen molar-refractivity contribution in [1.82, 2.24) is 19.6 Å². The summed E-state index contributed by atoms with van der Waals surface area (Å²) in [4.78, 5) is 0. The van der Waals surface area contributed by atoms with E-state index < -0.39 is 0 Å². The summed E-state index contributed by atoms with van der Waals surface area (Å²) < 4.78 is 4.13. The summed E-state index contributed by atoms with van der Waals surface area (Å²) in [6.45, 7) is 13.2. The number of hydrogen-bond acceptors (Lipinski definition) is 2. The number of aromatic nitrogens is 4. The Balaban J connectivity index is 0.000000174. The molecule has 0 bridgehead atoms. The molecule has 8 aromatic carbocycles. The topological polar surface area (TPSA) is 35.6 Å². The molecule has 0 aliphatic carbocycles. The van der Waals surface area contributed by atoms with Gasteiger partial charge < -0.3 is 24.8 Å². The van der Waals surface area contributed by atoms with Gasteiger partial charge in [0.05, 0.1) is 23.4 Å². The van der Waals surface area contributed by atoms with Crippen LogP contribution < -0.4 is 24.8 Å². The van der Waals surface area contributed by atoms with Crippen LogP contribution >= 0.6 is 0 Å². The third-order valence-electron chi connectivity index (χ3n) is 10.1. The van der Waals surface area contributed by atoms with E-state index in [9.17, 15) is 0 Å². The molecule has 58 heavy (non-hydrogen) atoms. The third kappa shape index (κ3) is 9.07. The van der Waals surface area contributed by atoms with Gasteiger partial charge in [0, 0.05) is 22.1 Å². The first-order valence-electron chi connectivity index (χ1n) is 19.1. The van der Waals surface area contributed by atoms with Crippen LogP contribution in [-0.4, -0.2) is 25.0 Å². The summed E-state index contributed by atoms with van der Waals surface area (Å²) in [5.74, 6) is 0. The Morgan fingerprint density at radius 1 is 0.483 bits per heavy atom. The molecule has 0 saturated carbocycles. The van der Waals surface area contributed by atoms with Gasteiger partial charge in [0.15, 0.2) is 0 Å². The fraction of sp³-hybridized carbons (Fsp3) is 0.120. The van der Waals surface area contributed by atoms with Gasteiger partial charge in [-0.15, -0.1) is 56.9 Å². The molecule has 0 radical (unpaired) electrons. The number of nitrogens with zero attached hydrogens (tertiary/aromatic N) is 4. The molecule has 0 saturated heterocycles. The van der Waals surface area contributed by atoms with Crippen LogP contribution in [0.15, 0.2) is 158 Å². The van der Waals surface area contributed by atoms with E-state index in [1.165, 1.54) is 66.1 Å². The Bertz CT molecular complexity index is 2800. The molecule has 2 aromatic heterocycles. The molecule has 10 rings (SSSR count). The predicted octanol–water partition coefficient (Wildman–Crippen LogP) is 7.16. The molecule has 0 spiro atoms. The Labute approximate surface area is 368 Å². The van der Waals surface area contributed by atoms with Crippen LogP contribution in [0.4, 0.5) is 0 Å². The molecule has 8 heteroatoms. The van der Waals surface area contributed by atoms with Crippen LogP contribution in [-0.2, 0) is 23.3 Å². The largest absolute Gasteiger partial charge is 1.00 e. The molecule has 2 heterocycles. The first-order chi connectivity index (χ1) is 27.1. The van der Waals surface area contributed by atoms with E-state index in [-0.39, 0.29) is 30.2 Å². The fourth-order valence-corrected chi connectivity index (χ4v) is 7.41. The molecule has 0 N–H and O–H groups in total. The Morgan fingerprint density at radius 2 is 0.845 bits per heavy atom. The van der Waals surface area contributed by atoms with Crippen LogP contribution in [0, 0.1) is 27.7 Å². The average Bonchev–Trinajstić information content (AvgIpc) is 3.98. The standard InChI is InChI=1S/2C24H19N2.C2H6Si.2ClH.Zr/c2*1-16-7-9-18(10-8-16)20-13-21-11-17(2)12-22(21)24(14-20)26-23-6-4-3-5-19(23)15-25-26;1-3-2;;;/h2*3-15H,1-2H3;1-2H3;2*1H;/q2*-1;;;;+2/p-2. The summed E-state index contributed by atoms with van der Waals surface area (Å²) in [7, 11) is 0. The number of hydrogen-bond donors (Lipinski definition) is 0. The molecule has 0 amide bonds. The van der Waals surface area contributed by atoms with E-state index in [0.29, 0.717) is 0 Å². The second-order valence-corrected chi connectivity index (χ2v) is 24.4. The van der Waals surface area contributed by atoms with Crippen molar-refractivity contribution in [2.45, 2.75) is 40.8 Å². The molecular weight excluding hydrogens is 847 g/mol. The predicted molar refractivity (Wildman–Crippen MR) is 236 cm³/mol. The van der Waals surface area contributed by atoms with Gasteiger partial charge in [0.25, 0.3) is 0 Å². The molecule has 0 aliphatic rings. The monoisotopic (exact) mass is 888 g/mol. The zero-order valence-electron chi connectivity index (χ0n) is 33.6. The summed E-state index contributed by atoms with van der Waals surface area (Å²) in [5, 5.41) is 16.7. The van der Waals surface area contributed by atoms with Crippen LogP contribution in [0.5, 0.6) is 0 Å². The molecule has 0 fully saturated rings. The minimum Gasteiger partial charge on any atom is -1.00 e. The van der Waals surface area contributed by atoms with Crippen molar-refractivity contribution in [2.75, 3.05) is 0 Å². The minimum absolute atomic E-state index is 0. The number of fused-ring (bicyclic) bond motifs is 4. The summed E-state index contributed by atoms with van der Waals surface area (Å²) in [5.41, 5.74) is 14.7. The van der Waals surface area contributed by atoms with E-state index in [4.69, 9.17) is 10.2 Å². The normalized spacial score (nSPS) is 10.8. The number of rotatable bonds is 4. The van der Waals surface area contributed by atoms with Gasteiger partial charge in [0.2, 0.25) is 0 Å². The van der Waals surface area contributed by atoms with Crippen LogP contribution in [0.1, 0.15) is 22.3 Å². The number of benzene rings is 6. The maximum atomic E-state index is 4.69. The van der Waals surface area contributed by atoms with Gasteiger partial charge in [-0.1, -0.05) is 121 Å². The van der Waals surface area contributed by atoms with Crippen molar-refractivity contribution in [3.8, 4) is 33.6 Å². The zero-order valence-corrected chi connectivity index (χ0v) is 38.5. The second kappa shape index (κ2) is 18.4. The number of aryl methyl sites for hydroxylation is 4. The van der Waals surface area contributed by atoms with Crippen molar-refractivity contribution in [2.24, 2.45) is 0 Å². The van der Waals surface area contributed by atoms with E-state index >= 15 is 0 Å². The van der Waals surface area contributed by atoms with Gasteiger partial charge in [-0.3, -0.25) is 0 Å². The first-order valence-corrected chi connectivity index (χ1v) is 25.2. The molecule has 0 atom stereocenters. The minimum atomic E-state index is 0.